The first-order chi connectivity index (χ1) is 11.3. The predicted octanol–water partition coefficient (Wildman–Crippen LogP) is 3.05. The minimum absolute atomic E-state index is 0.00225. The molecule has 0 bridgehead atoms. The summed E-state index contributed by atoms with van der Waals surface area (Å²) >= 11 is 0. The molecule has 0 unspecified atom stereocenters. The van der Waals surface area contributed by atoms with Crippen molar-refractivity contribution in [2.45, 2.75) is 44.5 Å². The monoisotopic (exact) mass is 330 g/mol. The molecule has 128 valence electrons. The molecule has 2 atom stereocenters. The van der Waals surface area contributed by atoms with Gasteiger partial charge in [-0.05, 0) is 45.4 Å². The summed E-state index contributed by atoms with van der Waals surface area (Å²) in [4.78, 5) is 11.3. The molecule has 0 radical (unpaired) electrons. The van der Waals surface area contributed by atoms with E-state index in [9.17, 15) is 9.90 Å². The van der Waals surface area contributed by atoms with Crippen LogP contribution in [0.5, 0.6) is 5.75 Å². The third-order valence-electron chi connectivity index (χ3n) is 4.08. The molecular weight excluding hydrogens is 308 g/mol. The van der Waals surface area contributed by atoms with Crippen LogP contribution < -0.4 is 10.4 Å². The van der Waals surface area contributed by atoms with E-state index in [-0.39, 0.29) is 17.3 Å². The highest BCUT2D eigenvalue weighted by Crippen LogP contribution is 2.40. The molecule has 2 heterocycles. The van der Waals surface area contributed by atoms with Gasteiger partial charge in [-0.2, -0.15) is 0 Å². The van der Waals surface area contributed by atoms with Crippen LogP contribution in [0.3, 0.4) is 0 Å². The first-order valence-electron chi connectivity index (χ1n) is 8.00. The van der Waals surface area contributed by atoms with Gasteiger partial charge in [0, 0.05) is 17.5 Å². The minimum Gasteiger partial charge on any atom is -0.491 e. The lowest BCUT2D eigenvalue weighted by Crippen LogP contribution is -2.17. The number of ether oxygens (including phenoxy) is 2. The first kappa shape index (κ1) is 16.7. The number of epoxide rings is 1. The maximum absolute atomic E-state index is 11.3. The molecule has 1 fully saturated rings. The zero-order valence-electron chi connectivity index (χ0n) is 14.1. The van der Waals surface area contributed by atoms with Gasteiger partial charge in [0.05, 0.1) is 11.2 Å². The van der Waals surface area contributed by atoms with Crippen LogP contribution in [0, 0.1) is 0 Å². The molecule has 2 aromatic rings. The van der Waals surface area contributed by atoms with Gasteiger partial charge in [0.1, 0.15) is 24.0 Å². The Morgan fingerprint density at radius 1 is 1.33 bits per heavy atom. The van der Waals surface area contributed by atoms with Crippen LogP contribution in [0.1, 0.15) is 27.2 Å². The van der Waals surface area contributed by atoms with Crippen LogP contribution in [-0.4, -0.2) is 29.0 Å². The maximum Gasteiger partial charge on any atom is 0.336 e. The van der Waals surface area contributed by atoms with Gasteiger partial charge in [0.2, 0.25) is 0 Å². The van der Waals surface area contributed by atoms with E-state index in [1.54, 1.807) is 32.1 Å². The SMILES string of the molecule is CC(C)(O)C=CC[C@]1(C)O[C@@H]1COc1ccc2ccc(=O)oc2c1. The van der Waals surface area contributed by atoms with Crippen LogP contribution in [0.15, 0.2) is 51.7 Å². The Balaban J connectivity index is 1.57. The fourth-order valence-corrected chi connectivity index (χ4v) is 2.56. The van der Waals surface area contributed by atoms with Crippen molar-refractivity contribution in [2.24, 2.45) is 0 Å². The number of benzene rings is 1. The molecule has 3 rings (SSSR count). The predicted molar refractivity (Wildman–Crippen MR) is 91.3 cm³/mol. The second-order valence-electron chi connectivity index (χ2n) is 6.94. The van der Waals surface area contributed by atoms with E-state index in [2.05, 4.69) is 0 Å². The summed E-state index contributed by atoms with van der Waals surface area (Å²) < 4.78 is 16.6. The molecule has 1 N–H and O–H groups in total. The summed E-state index contributed by atoms with van der Waals surface area (Å²) in [6.07, 6.45) is 4.42. The van der Waals surface area contributed by atoms with E-state index in [1.807, 2.05) is 25.1 Å². The summed E-state index contributed by atoms with van der Waals surface area (Å²) in [5, 5.41) is 10.5. The van der Waals surface area contributed by atoms with Gasteiger partial charge in [0.25, 0.3) is 0 Å². The molecule has 24 heavy (non-hydrogen) atoms. The molecule has 1 aliphatic rings. The minimum atomic E-state index is -0.813. The van der Waals surface area contributed by atoms with Crippen molar-refractivity contribution in [2.75, 3.05) is 6.61 Å². The van der Waals surface area contributed by atoms with E-state index >= 15 is 0 Å². The smallest absolute Gasteiger partial charge is 0.336 e. The fraction of sp³-hybridized carbons (Fsp3) is 0.421. The van der Waals surface area contributed by atoms with Crippen LogP contribution >= 0.6 is 0 Å². The molecule has 5 heteroatoms. The highest BCUT2D eigenvalue weighted by atomic mass is 16.6. The van der Waals surface area contributed by atoms with Crippen molar-refractivity contribution in [3.63, 3.8) is 0 Å². The number of hydrogen-bond acceptors (Lipinski definition) is 5. The summed E-state index contributed by atoms with van der Waals surface area (Å²) in [6.45, 7) is 5.92. The Hall–Kier alpha value is -2.11. The molecular formula is C19H22O5. The Bertz CT molecular complexity index is 814. The zero-order valence-corrected chi connectivity index (χ0v) is 14.1. The van der Waals surface area contributed by atoms with Gasteiger partial charge >= 0.3 is 5.63 Å². The fourth-order valence-electron chi connectivity index (χ4n) is 2.56. The summed E-state index contributed by atoms with van der Waals surface area (Å²) in [5.41, 5.74) is -0.943. The second kappa shape index (κ2) is 6.07. The molecule has 0 spiro atoms. The third-order valence-corrected chi connectivity index (χ3v) is 4.08. The van der Waals surface area contributed by atoms with E-state index in [4.69, 9.17) is 13.9 Å². The summed E-state index contributed by atoms with van der Waals surface area (Å²) in [5.74, 6) is 0.640. The van der Waals surface area contributed by atoms with Gasteiger partial charge in [-0.3, -0.25) is 0 Å². The maximum atomic E-state index is 11.3. The molecule has 1 aliphatic heterocycles. The van der Waals surface area contributed by atoms with Crippen LogP contribution in [0.2, 0.25) is 0 Å². The normalized spacial score (nSPS) is 23.8. The van der Waals surface area contributed by atoms with Crippen molar-refractivity contribution in [1.29, 1.82) is 0 Å². The van der Waals surface area contributed by atoms with Gasteiger partial charge in [-0.25, -0.2) is 4.79 Å². The van der Waals surface area contributed by atoms with E-state index in [0.717, 1.165) is 11.8 Å². The standard InChI is InChI=1S/C19H22O5/c1-18(2,21)9-4-10-19(3)16(24-19)12-22-14-7-5-13-6-8-17(20)23-15(13)11-14/h4-9,11,16,21H,10,12H2,1-3H3/t16-,19+/m1/s1. The Morgan fingerprint density at radius 2 is 2.08 bits per heavy atom. The highest BCUT2D eigenvalue weighted by molar-refractivity contribution is 5.77. The quantitative estimate of drug-likeness (QED) is 0.501. The molecule has 0 amide bonds. The van der Waals surface area contributed by atoms with Crippen LogP contribution in [0.25, 0.3) is 11.0 Å². The lowest BCUT2D eigenvalue weighted by Gasteiger charge is -2.11. The molecule has 1 aromatic heterocycles. The summed E-state index contributed by atoms with van der Waals surface area (Å²) in [7, 11) is 0. The number of fused-ring (bicyclic) bond motifs is 1. The lowest BCUT2D eigenvalue weighted by atomic mass is 10.0. The molecule has 0 aliphatic carbocycles. The van der Waals surface area contributed by atoms with Crippen molar-refractivity contribution in [3.05, 3.63) is 52.9 Å². The van der Waals surface area contributed by atoms with Gasteiger partial charge in [-0.1, -0.05) is 12.2 Å². The van der Waals surface area contributed by atoms with Crippen molar-refractivity contribution < 1.29 is 19.0 Å². The van der Waals surface area contributed by atoms with E-state index in [1.165, 1.54) is 6.07 Å². The highest BCUT2D eigenvalue weighted by Gasteiger charge is 2.51. The molecule has 1 saturated heterocycles. The zero-order chi connectivity index (χ0) is 17.4. The largest absolute Gasteiger partial charge is 0.491 e. The van der Waals surface area contributed by atoms with Crippen LogP contribution in [-0.2, 0) is 4.74 Å². The molecule has 1 aromatic carbocycles. The topological polar surface area (TPSA) is 72.2 Å². The van der Waals surface area contributed by atoms with Gasteiger partial charge in [-0.15, -0.1) is 0 Å². The van der Waals surface area contributed by atoms with Gasteiger partial charge in [0.15, 0.2) is 0 Å². The average molecular weight is 330 g/mol. The number of hydrogen-bond donors (Lipinski definition) is 1. The number of aliphatic hydroxyl groups is 1. The molecule has 5 nitrogen and oxygen atoms in total. The first-order valence-corrected chi connectivity index (χ1v) is 8.00. The Kier molecular flexibility index (Phi) is 4.24. The van der Waals surface area contributed by atoms with Crippen molar-refractivity contribution in [1.82, 2.24) is 0 Å². The van der Waals surface area contributed by atoms with Crippen molar-refractivity contribution in [3.8, 4) is 5.75 Å². The lowest BCUT2D eigenvalue weighted by molar-refractivity contribution is 0.132. The second-order valence-corrected chi connectivity index (χ2v) is 6.94. The van der Waals surface area contributed by atoms with E-state index in [0.29, 0.717) is 17.9 Å². The average Bonchev–Trinajstić information content (AvgIpc) is 3.13. The Morgan fingerprint density at radius 3 is 2.83 bits per heavy atom. The Labute approximate surface area is 140 Å². The summed E-state index contributed by atoms with van der Waals surface area (Å²) in [6, 6.07) is 8.53. The number of rotatable bonds is 6. The van der Waals surface area contributed by atoms with Crippen molar-refractivity contribution >= 4 is 11.0 Å². The van der Waals surface area contributed by atoms with Crippen LogP contribution in [0.4, 0.5) is 0 Å². The van der Waals surface area contributed by atoms with E-state index < -0.39 is 5.60 Å². The molecule has 0 saturated carbocycles. The van der Waals surface area contributed by atoms with Gasteiger partial charge < -0.3 is 19.0 Å². The third kappa shape index (κ3) is 4.04.